The lowest BCUT2D eigenvalue weighted by Crippen LogP contribution is -2.69. The van der Waals surface area contributed by atoms with Gasteiger partial charge in [0.25, 0.3) is 5.79 Å². The van der Waals surface area contributed by atoms with Crippen molar-refractivity contribution in [2.24, 2.45) is 0 Å². The van der Waals surface area contributed by atoms with Crippen molar-refractivity contribution in [2.75, 3.05) is 19.8 Å². The molecule has 0 aliphatic carbocycles. The van der Waals surface area contributed by atoms with Crippen LogP contribution >= 0.6 is 0 Å². The van der Waals surface area contributed by atoms with Crippen LogP contribution in [0.2, 0.25) is 0 Å². The van der Waals surface area contributed by atoms with Crippen molar-refractivity contribution in [1.82, 2.24) is 10.6 Å². The molecule has 2 amide bonds. The van der Waals surface area contributed by atoms with Gasteiger partial charge in [0.05, 0.1) is 32.0 Å². The Labute approximate surface area is 260 Å². The largest absolute Gasteiger partial charge is 0.477 e. The summed E-state index contributed by atoms with van der Waals surface area (Å²) >= 11 is 0. The Bertz CT molecular complexity index is 1050. The number of aliphatic carboxylic acids is 1. The van der Waals surface area contributed by atoms with Crippen molar-refractivity contribution < 1.29 is 94.2 Å². The van der Waals surface area contributed by atoms with Crippen molar-refractivity contribution in [2.45, 2.75) is 118 Å². The fourth-order valence-electron chi connectivity index (χ4n) is 5.46. The Hall–Kier alpha value is -2.19. The molecule has 46 heavy (non-hydrogen) atoms. The van der Waals surface area contributed by atoms with Crippen LogP contribution in [0.5, 0.6) is 0 Å². The first-order valence-electron chi connectivity index (χ1n) is 14.2. The summed E-state index contributed by atoms with van der Waals surface area (Å²) in [6.07, 6.45) is -25.0. The van der Waals surface area contributed by atoms with Crippen molar-refractivity contribution in [1.29, 1.82) is 0 Å². The number of carbonyl (C=O) groups excluding carboxylic acids is 2. The summed E-state index contributed by atoms with van der Waals surface area (Å²) < 4.78 is 27.5. The predicted molar refractivity (Wildman–Crippen MR) is 142 cm³/mol. The zero-order valence-corrected chi connectivity index (χ0v) is 24.7. The lowest BCUT2D eigenvalue weighted by atomic mass is 9.88. The highest BCUT2D eigenvalue weighted by Gasteiger charge is 2.57. The summed E-state index contributed by atoms with van der Waals surface area (Å²) in [6, 6.07) is -3.08. The Morgan fingerprint density at radius 2 is 1.48 bits per heavy atom. The second kappa shape index (κ2) is 15.8. The van der Waals surface area contributed by atoms with Crippen LogP contribution in [0.1, 0.15) is 20.3 Å². The number of ether oxygens (including phenoxy) is 5. The van der Waals surface area contributed by atoms with E-state index in [1.165, 1.54) is 0 Å². The number of rotatable bonds is 12. The molecule has 0 aromatic rings. The third kappa shape index (κ3) is 8.26. The van der Waals surface area contributed by atoms with Crippen molar-refractivity contribution in [3.63, 3.8) is 0 Å². The number of aliphatic hydroxyl groups excluding tert-OH is 10. The maximum atomic E-state index is 12.5. The molecule has 0 saturated carbocycles. The summed E-state index contributed by atoms with van der Waals surface area (Å²) in [5.74, 6) is -6.21. The molecule has 0 aromatic carbocycles. The summed E-state index contributed by atoms with van der Waals surface area (Å²) in [5.41, 5.74) is 0. The normalized spacial score (nSPS) is 42.9. The fraction of sp³-hybridized carbons (Fsp3) is 0.880. The average molecular weight is 675 g/mol. The Kier molecular flexibility index (Phi) is 13.1. The number of amides is 2. The molecule has 21 nitrogen and oxygen atoms in total. The van der Waals surface area contributed by atoms with E-state index < -0.39 is 142 Å². The van der Waals surface area contributed by atoms with E-state index in [2.05, 4.69) is 10.6 Å². The van der Waals surface area contributed by atoms with Crippen LogP contribution < -0.4 is 10.6 Å². The van der Waals surface area contributed by atoms with E-state index in [9.17, 15) is 70.6 Å². The molecular weight excluding hydrogens is 632 g/mol. The second-order valence-corrected chi connectivity index (χ2v) is 11.3. The molecule has 3 fully saturated rings. The summed E-state index contributed by atoms with van der Waals surface area (Å²) in [4.78, 5) is 36.0. The van der Waals surface area contributed by atoms with E-state index >= 15 is 0 Å². The molecule has 0 aromatic heterocycles. The molecule has 0 spiro atoms. The number of hydrogen-bond acceptors (Lipinski definition) is 18. The van der Waals surface area contributed by atoms with Gasteiger partial charge in [-0.15, -0.1) is 0 Å². The van der Waals surface area contributed by atoms with E-state index in [1.807, 2.05) is 0 Å². The summed E-state index contributed by atoms with van der Waals surface area (Å²) in [6.45, 7) is -0.736. The molecule has 266 valence electrons. The van der Waals surface area contributed by atoms with Crippen molar-refractivity contribution in [3.8, 4) is 0 Å². The third-order valence-electron chi connectivity index (χ3n) is 7.87. The highest BCUT2D eigenvalue weighted by Crippen LogP contribution is 2.35. The van der Waals surface area contributed by atoms with Gasteiger partial charge in [-0.3, -0.25) is 9.59 Å². The highest BCUT2D eigenvalue weighted by atomic mass is 16.7. The van der Waals surface area contributed by atoms with Gasteiger partial charge in [0.1, 0.15) is 67.1 Å². The van der Waals surface area contributed by atoms with Crippen LogP contribution in [-0.2, 0) is 38.1 Å². The standard InChI is InChI=1S/C25H42N2O19/c1-7(30)26-13-9(32)3-25(24(40)41,46-21(13)15(34)10(33)4-28)42-6-12-20(17(36)14(22(39)43-12)27-8(2)31)45-23-19(38)18(37)16(35)11(5-29)44-23/h9-23,28-29,32-39H,3-6H2,1-2H3,(H,26,30)(H,27,31)(H,40,41)/t9-,10+,11+,12+,13+,14+,15+,16-,17+,18-,19+,20-,21+,22?,23-,25+/m0/s1. The smallest absolute Gasteiger partial charge is 0.364 e. The average Bonchev–Trinajstić information content (AvgIpc) is 2.99. The van der Waals surface area contributed by atoms with Crippen LogP contribution in [0, 0.1) is 0 Å². The van der Waals surface area contributed by atoms with Crippen molar-refractivity contribution >= 4 is 17.8 Å². The number of carboxylic acids is 1. The van der Waals surface area contributed by atoms with Gasteiger partial charge in [-0.05, 0) is 0 Å². The summed E-state index contributed by atoms with van der Waals surface area (Å²) in [5, 5.41) is 117. The van der Waals surface area contributed by atoms with Gasteiger partial charge in [-0.1, -0.05) is 0 Å². The van der Waals surface area contributed by atoms with Crippen LogP contribution in [0.3, 0.4) is 0 Å². The minimum absolute atomic E-state index is 0.729. The molecule has 3 heterocycles. The Balaban J connectivity index is 1.93. The Morgan fingerprint density at radius 1 is 0.870 bits per heavy atom. The van der Waals surface area contributed by atoms with Crippen LogP contribution in [0.4, 0.5) is 0 Å². The van der Waals surface area contributed by atoms with Gasteiger partial charge < -0.3 is 90.5 Å². The molecular formula is C25H42N2O19. The van der Waals surface area contributed by atoms with E-state index in [-0.39, 0.29) is 0 Å². The maximum absolute atomic E-state index is 12.5. The minimum Gasteiger partial charge on any atom is -0.477 e. The van der Waals surface area contributed by atoms with Gasteiger partial charge in [-0.25, -0.2) is 4.79 Å². The second-order valence-electron chi connectivity index (χ2n) is 11.3. The zero-order chi connectivity index (χ0) is 34.7. The quantitative estimate of drug-likeness (QED) is 0.0913. The number of carboxylic acid groups (broad SMARTS) is 1. The monoisotopic (exact) mass is 674 g/mol. The predicted octanol–water partition coefficient (Wildman–Crippen LogP) is -8.08. The van der Waals surface area contributed by atoms with E-state index in [4.69, 9.17) is 23.7 Å². The zero-order valence-electron chi connectivity index (χ0n) is 24.7. The Morgan fingerprint density at radius 3 is 2.02 bits per heavy atom. The number of hydrogen-bond donors (Lipinski definition) is 13. The van der Waals surface area contributed by atoms with E-state index in [0.717, 1.165) is 13.8 Å². The first-order chi connectivity index (χ1) is 21.5. The van der Waals surface area contributed by atoms with Crippen molar-refractivity contribution in [3.05, 3.63) is 0 Å². The fourth-order valence-corrected chi connectivity index (χ4v) is 5.46. The SMILES string of the molecule is CC(=O)N[C@H]1[C@H]([C@H](O)[C@H](O)CO)O[C@@](OC[C@H]2OC(O)[C@H](NC(C)=O)[C@@H](O)[C@H]2O[C@@H]2O[C@H](CO)[C@H](O)[C@H](O)[C@H]2O)(C(=O)O)C[C@@H]1O. The van der Waals surface area contributed by atoms with Gasteiger partial charge in [0.15, 0.2) is 12.6 Å². The topological polar surface area (TPSA) is 344 Å². The molecule has 0 radical (unpaired) electrons. The lowest BCUT2D eigenvalue weighted by molar-refractivity contribution is -0.357. The van der Waals surface area contributed by atoms with E-state index in [0.29, 0.717) is 0 Å². The molecule has 13 N–H and O–H groups in total. The minimum atomic E-state index is -2.86. The number of aliphatic hydroxyl groups is 10. The van der Waals surface area contributed by atoms with Crippen LogP contribution in [0.15, 0.2) is 0 Å². The third-order valence-corrected chi connectivity index (χ3v) is 7.87. The van der Waals surface area contributed by atoms with Gasteiger partial charge >= 0.3 is 5.97 Å². The lowest BCUT2D eigenvalue weighted by Gasteiger charge is -2.48. The summed E-state index contributed by atoms with van der Waals surface area (Å²) in [7, 11) is 0. The molecule has 21 heteroatoms. The first-order valence-corrected chi connectivity index (χ1v) is 14.2. The molecule has 3 aliphatic rings. The maximum Gasteiger partial charge on any atom is 0.364 e. The van der Waals surface area contributed by atoms with E-state index in [1.54, 1.807) is 0 Å². The van der Waals surface area contributed by atoms with Gasteiger partial charge in [0.2, 0.25) is 11.8 Å². The van der Waals surface area contributed by atoms with Gasteiger partial charge in [-0.2, -0.15) is 0 Å². The molecule has 1 unspecified atom stereocenters. The number of carbonyl (C=O) groups is 3. The van der Waals surface area contributed by atoms with Crippen LogP contribution in [0.25, 0.3) is 0 Å². The highest BCUT2D eigenvalue weighted by molar-refractivity contribution is 5.76. The van der Waals surface area contributed by atoms with Gasteiger partial charge in [0, 0.05) is 20.3 Å². The first kappa shape index (κ1) is 38.3. The molecule has 3 rings (SSSR count). The molecule has 0 bridgehead atoms. The molecule has 16 atom stereocenters. The number of nitrogens with one attached hydrogen (secondary N) is 2. The van der Waals surface area contributed by atoms with Crippen LogP contribution in [-0.4, -0.2) is 191 Å². The molecule has 3 aliphatic heterocycles. The molecule has 3 saturated heterocycles.